The minimum atomic E-state index is -0.686. The fraction of sp³-hybridized carbons (Fsp3) is 0.156. The maximum absolute atomic E-state index is 14.2. The molecule has 2 N–H and O–H groups in total. The summed E-state index contributed by atoms with van der Waals surface area (Å²) in [5.74, 6) is -2.10. The van der Waals surface area contributed by atoms with Gasteiger partial charge in [0.25, 0.3) is 11.8 Å². The molecule has 1 aliphatic rings. The highest BCUT2D eigenvalue weighted by Gasteiger charge is 2.28. The third kappa shape index (κ3) is 6.11. The number of ether oxygens (including phenoxy) is 1. The first kappa shape index (κ1) is 28.8. The number of nitrogens with one attached hydrogen (secondary N) is 2. The van der Waals surface area contributed by atoms with E-state index >= 15 is 0 Å². The summed E-state index contributed by atoms with van der Waals surface area (Å²) in [5, 5.41) is 5.81. The molecule has 1 heterocycles. The Bertz CT molecular complexity index is 1690. The first-order valence-electron chi connectivity index (χ1n) is 13.1. The molecule has 10 heteroatoms. The van der Waals surface area contributed by atoms with Crippen molar-refractivity contribution in [3.05, 3.63) is 112 Å². The summed E-state index contributed by atoms with van der Waals surface area (Å²) in [6, 6.07) is 19.6. The molecule has 0 saturated heterocycles. The number of nitrogens with zero attached hydrogens (tertiary/aromatic N) is 1. The van der Waals surface area contributed by atoms with Crippen molar-refractivity contribution in [2.24, 2.45) is 5.92 Å². The second kappa shape index (κ2) is 12.0. The molecule has 0 fully saturated rings. The molecule has 7 nitrogen and oxygen atoms in total. The standard InChI is InChI=1S/C32H26ClF2N3O4/c1-18(2)30(39)36-16-19-3-11-27(33)25(13-19)31(40)37-22-7-12-29-26(15-22)32(41)38(17-42-29)23-8-4-20(5-9-23)24-10-6-21(34)14-28(24)35/h3-15,18H,16-17H2,1-2H3,(H,36,39)(H,37,40). The van der Waals surface area contributed by atoms with E-state index in [1.54, 1.807) is 68.4 Å². The molecule has 1 aliphatic heterocycles. The second-order valence-corrected chi connectivity index (χ2v) is 10.4. The van der Waals surface area contributed by atoms with E-state index in [0.29, 0.717) is 28.3 Å². The van der Waals surface area contributed by atoms with Crippen LogP contribution in [0.4, 0.5) is 20.2 Å². The lowest BCUT2D eigenvalue weighted by molar-refractivity contribution is -0.124. The Labute approximate surface area is 246 Å². The van der Waals surface area contributed by atoms with E-state index in [1.165, 1.54) is 23.1 Å². The number of carbonyl (C=O) groups excluding carboxylic acids is 3. The summed E-state index contributed by atoms with van der Waals surface area (Å²) >= 11 is 6.30. The lowest BCUT2D eigenvalue weighted by atomic mass is 10.0. The minimum Gasteiger partial charge on any atom is -0.472 e. The zero-order valence-corrected chi connectivity index (χ0v) is 23.5. The van der Waals surface area contributed by atoms with E-state index in [0.717, 1.165) is 6.07 Å². The molecule has 0 radical (unpaired) electrons. The molecule has 0 saturated carbocycles. The van der Waals surface area contributed by atoms with Crippen LogP contribution in [0.1, 0.15) is 40.1 Å². The van der Waals surface area contributed by atoms with Crippen molar-refractivity contribution in [2.75, 3.05) is 16.9 Å². The Kier molecular flexibility index (Phi) is 8.22. The van der Waals surface area contributed by atoms with Crippen molar-refractivity contribution in [3.63, 3.8) is 0 Å². The van der Waals surface area contributed by atoms with Gasteiger partial charge in [-0.1, -0.05) is 43.6 Å². The number of carbonyl (C=O) groups is 3. The van der Waals surface area contributed by atoms with E-state index in [4.69, 9.17) is 16.3 Å². The van der Waals surface area contributed by atoms with Crippen molar-refractivity contribution in [1.29, 1.82) is 0 Å². The van der Waals surface area contributed by atoms with Gasteiger partial charge in [-0.3, -0.25) is 19.3 Å². The van der Waals surface area contributed by atoms with E-state index in [-0.39, 0.29) is 52.7 Å². The summed E-state index contributed by atoms with van der Waals surface area (Å²) in [7, 11) is 0. The first-order chi connectivity index (χ1) is 20.1. The number of anilines is 2. The van der Waals surface area contributed by atoms with Crippen LogP contribution >= 0.6 is 11.6 Å². The third-order valence-electron chi connectivity index (χ3n) is 6.75. The number of fused-ring (bicyclic) bond motifs is 1. The molecule has 214 valence electrons. The molecule has 4 aromatic rings. The van der Waals surface area contributed by atoms with E-state index in [2.05, 4.69) is 10.6 Å². The van der Waals surface area contributed by atoms with Crippen molar-refractivity contribution in [2.45, 2.75) is 20.4 Å². The normalized spacial score (nSPS) is 12.5. The number of amides is 3. The fourth-order valence-electron chi connectivity index (χ4n) is 4.42. The highest BCUT2D eigenvalue weighted by atomic mass is 35.5. The summed E-state index contributed by atoms with van der Waals surface area (Å²) in [5.41, 5.74) is 2.79. The van der Waals surface area contributed by atoms with Crippen LogP contribution in [-0.4, -0.2) is 24.5 Å². The summed E-state index contributed by atoms with van der Waals surface area (Å²) in [4.78, 5) is 39.8. The van der Waals surface area contributed by atoms with Gasteiger partial charge in [0.15, 0.2) is 6.73 Å². The fourth-order valence-corrected chi connectivity index (χ4v) is 4.63. The molecule has 5 rings (SSSR count). The van der Waals surface area contributed by atoms with E-state index in [1.807, 2.05) is 0 Å². The molecule has 0 spiro atoms. The summed E-state index contributed by atoms with van der Waals surface area (Å²) in [6.07, 6.45) is 0. The lowest BCUT2D eigenvalue weighted by Crippen LogP contribution is -2.38. The maximum Gasteiger partial charge on any atom is 0.264 e. The van der Waals surface area contributed by atoms with Gasteiger partial charge in [0.1, 0.15) is 17.4 Å². The predicted molar refractivity (Wildman–Crippen MR) is 157 cm³/mol. The first-order valence-corrected chi connectivity index (χ1v) is 13.5. The van der Waals surface area contributed by atoms with Gasteiger partial charge in [-0.05, 0) is 65.7 Å². The molecule has 0 bridgehead atoms. The van der Waals surface area contributed by atoms with Crippen LogP contribution in [0, 0.1) is 17.6 Å². The van der Waals surface area contributed by atoms with Crippen LogP contribution < -0.4 is 20.3 Å². The highest BCUT2D eigenvalue weighted by Crippen LogP contribution is 2.32. The average Bonchev–Trinajstić information content (AvgIpc) is 2.97. The van der Waals surface area contributed by atoms with Gasteiger partial charge in [-0.25, -0.2) is 8.78 Å². The largest absolute Gasteiger partial charge is 0.472 e. The van der Waals surface area contributed by atoms with Gasteiger partial charge in [-0.2, -0.15) is 0 Å². The van der Waals surface area contributed by atoms with Gasteiger partial charge in [0.2, 0.25) is 5.91 Å². The zero-order valence-electron chi connectivity index (χ0n) is 22.7. The van der Waals surface area contributed by atoms with E-state index in [9.17, 15) is 23.2 Å². The molecule has 0 unspecified atom stereocenters. The summed E-state index contributed by atoms with van der Waals surface area (Å²) < 4.78 is 33.3. The van der Waals surface area contributed by atoms with Crippen molar-refractivity contribution in [3.8, 4) is 16.9 Å². The SMILES string of the molecule is CC(C)C(=O)NCc1ccc(Cl)c(C(=O)Nc2ccc3c(c2)C(=O)N(c2ccc(-c4ccc(F)cc4F)cc2)CO3)c1. The zero-order chi connectivity index (χ0) is 30.0. The highest BCUT2D eigenvalue weighted by molar-refractivity contribution is 6.34. The molecule has 3 amide bonds. The Hall–Kier alpha value is -4.76. The smallest absolute Gasteiger partial charge is 0.264 e. The van der Waals surface area contributed by atoms with Crippen molar-refractivity contribution < 1.29 is 27.9 Å². The average molecular weight is 590 g/mol. The van der Waals surface area contributed by atoms with Crippen molar-refractivity contribution >= 4 is 40.7 Å². The molecule has 0 aromatic heterocycles. The van der Waals surface area contributed by atoms with Crippen molar-refractivity contribution in [1.82, 2.24) is 5.32 Å². The number of halogens is 3. The Morgan fingerprint density at radius 1 is 0.952 bits per heavy atom. The van der Waals surface area contributed by atoms with E-state index < -0.39 is 17.5 Å². The van der Waals surface area contributed by atoms with Gasteiger partial charge >= 0.3 is 0 Å². The predicted octanol–water partition coefficient (Wildman–Crippen LogP) is 6.81. The molecular formula is C32H26ClF2N3O4. The monoisotopic (exact) mass is 589 g/mol. The number of hydrogen-bond acceptors (Lipinski definition) is 4. The van der Waals surface area contributed by atoms with Crippen LogP contribution in [0.25, 0.3) is 11.1 Å². The summed E-state index contributed by atoms with van der Waals surface area (Å²) in [6.45, 7) is 3.78. The Morgan fingerprint density at radius 3 is 2.43 bits per heavy atom. The second-order valence-electron chi connectivity index (χ2n) is 10.0. The topological polar surface area (TPSA) is 87.7 Å². The molecule has 0 atom stereocenters. The third-order valence-corrected chi connectivity index (χ3v) is 7.08. The van der Waals surface area contributed by atoms with Crippen LogP contribution in [0.5, 0.6) is 5.75 Å². The number of rotatable bonds is 7. The molecular weight excluding hydrogens is 564 g/mol. The number of benzene rings is 4. The Morgan fingerprint density at radius 2 is 1.71 bits per heavy atom. The Balaban J connectivity index is 1.31. The maximum atomic E-state index is 14.2. The minimum absolute atomic E-state index is 0.0441. The van der Waals surface area contributed by atoms with Crippen LogP contribution in [-0.2, 0) is 11.3 Å². The molecule has 4 aromatic carbocycles. The molecule has 42 heavy (non-hydrogen) atoms. The van der Waals surface area contributed by atoms with Gasteiger partial charge in [0, 0.05) is 35.5 Å². The quantitative estimate of drug-likeness (QED) is 0.248. The van der Waals surface area contributed by atoms with Crippen LogP contribution in [0.2, 0.25) is 5.02 Å². The molecule has 0 aliphatic carbocycles. The lowest BCUT2D eigenvalue weighted by Gasteiger charge is -2.29. The van der Waals surface area contributed by atoms with Gasteiger partial charge in [0.05, 0.1) is 16.1 Å². The van der Waals surface area contributed by atoms with Crippen LogP contribution in [0.3, 0.4) is 0 Å². The van der Waals surface area contributed by atoms with Crippen LogP contribution in [0.15, 0.2) is 78.9 Å². The van der Waals surface area contributed by atoms with Gasteiger partial charge in [-0.15, -0.1) is 0 Å². The van der Waals surface area contributed by atoms with Gasteiger partial charge < -0.3 is 15.4 Å². The number of hydrogen-bond donors (Lipinski definition) is 2.